The van der Waals surface area contributed by atoms with Gasteiger partial charge in [0.25, 0.3) is 0 Å². The number of rotatable bonds is 7. The quantitative estimate of drug-likeness (QED) is 0.735. The monoisotopic (exact) mass is 270 g/mol. The van der Waals surface area contributed by atoms with E-state index in [4.69, 9.17) is 5.11 Å². The Balaban J connectivity index is 2.40. The van der Waals surface area contributed by atoms with E-state index in [1.807, 2.05) is 20.9 Å². The highest BCUT2D eigenvalue weighted by atomic mass is 16.4. The van der Waals surface area contributed by atoms with E-state index in [9.17, 15) is 9.59 Å². The number of carboxylic acid groups (broad SMARTS) is 1. The number of carboxylic acids is 1. The van der Waals surface area contributed by atoms with Crippen LogP contribution in [-0.4, -0.2) is 47.6 Å². The molecule has 5 heteroatoms. The van der Waals surface area contributed by atoms with Gasteiger partial charge in [0.2, 0.25) is 5.91 Å². The fourth-order valence-corrected chi connectivity index (χ4v) is 2.59. The van der Waals surface area contributed by atoms with Crippen molar-refractivity contribution >= 4 is 11.9 Å². The van der Waals surface area contributed by atoms with Crippen LogP contribution in [-0.2, 0) is 9.59 Å². The van der Waals surface area contributed by atoms with Gasteiger partial charge < -0.3 is 10.4 Å². The van der Waals surface area contributed by atoms with Crippen LogP contribution in [0.2, 0.25) is 0 Å². The lowest BCUT2D eigenvalue weighted by Gasteiger charge is -2.26. The maximum absolute atomic E-state index is 12.0. The van der Waals surface area contributed by atoms with Gasteiger partial charge in [0.1, 0.15) is 0 Å². The summed E-state index contributed by atoms with van der Waals surface area (Å²) in [6.45, 7) is 4.21. The van der Waals surface area contributed by atoms with E-state index in [0.29, 0.717) is 12.6 Å². The summed E-state index contributed by atoms with van der Waals surface area (Å²) in [5, 5.41) is 11.7. The van der Waals surface area contributed by atoms with E-state index >= 15 is 0 Å². The summed E-state index contributed by atoms with van der Waals surface area (Å²) in [5.74, 6) is -0.825. The maximum atomic E-state index is 12.0. The van der Waals surface area contributed by atoms with Crippen molar-refractivity contribution in [3.63, 3.8) is 0 Å². The van der Waals surface area contributed by atoms with Crippen LogP contribution in [0.5, 0.6) is 0 Å². The minimum Gasteiger partial charge on any atom is -0.481 e. The molecule has 0 radical (unpaired) electrons. The van der Waals surface area contributed by atoms with E-state index in [0.717, 1.165) is 12.8 Å². The lowest BCUT2D eigenvalue weighted by atomic mass is 10.0. The second kappa shape index (κ2) is 7.48. The minimum absolute atomic E-state index is 0.0173. The van der Waals surface area contributed by atoms with Gasteiger partial charge in [0, 0.05) is 12.1 Å². The van der Waals surface area contributed by atoms with Crippen molar-refractivity contribution in [2.75, 3.05) is 13.6 Å². The van der Waals surface area contributed by atoms with Gasteiger partial charge in [-0.3, -0.25) is 14.5 Å². The molecule has 1 amide bonds. The first kappa shape index (κ1) is 16.0. The predicted molar refractivity (Wildman–Crippen MR) is 73.9 cm³/mol. The molecule has 5 nitrogen and oxygen atoms in total. The fourth-order valence-electron chi connectivity index (χ4n) is 2.59. The van der Waals surface area contributed by atoms with Crippen LogP contribution in [0.15, 0.2) is 0 Å². The second-order valence-electron chi connectivity index (χ2n) is 5.87. The number of aliphatic carboxylic acids is 1. The normalized spacial score (nSPS) is 17.9. The lowest BCUT2D eigenvalue weighted by Crippen LogP contribution is -2.46. The van der Waals surface area contributed by atoms with Gasteiger partial charge in [-0.25, -0.2) is 0 Å². The summed E-state index contributed by atoms with van der Waals surface area (Å²) in [6.07, 6.45) is 4.78. The number of amides is 1. The Morgan fingerprint density at radius 3 is 2.37 bits per heavy atom. The molecule has 0 saturated heterocycles. The molecule has 1 saturated carbocycles. The van der Waals surface area contributed by atoms with Gasteiger partial charge in [-0.2, -0.15) is 0 Å². The summed E-state index contributed by atoms with van der Waals surface area (Å²) in [4.78, 5) is 24.8. The molecule has 0 bridgehead atoms. The second-order valence-corrected chi connectivity index (χ2v) is 5.87. The third kappa shape index (κ3) is 5.59. The average Bonchev–Trinajstić information content (AvgIpc) is 2.80. The number of nitrogens with one attached hydrogen (secondary N) is 1. The summed E-state index contributed by atoms with van der Waals surface area (Å²) >= 11 is 0. The Morgan fingerprint density at radius 1 is 1.32 bits per heavy atom. The van der Waals surface area contributed by atoms with Gasteiger partial charge in [0.05, 0.1) is 13.0 Å². The molecule has 1 fully saturated rings. The van der Waals surface area contributed by atoms with Crippen molar-refractivity contribution < 1.29 is 14.7 Å². The first-order valence-electron chi connectivity index (χ1n) is 7.11. The molecule has 1 rings (SSSR count). The Bertz CT molecular complexity index is 312. The first-order valence-corrected chi connectivity index (χ1v) is 7.11. The molecule has 0 spiro atoms. The highest BCUT2D eigenvalue weighted by molar-refractivity contribution is 5.79. The lowest BCUT2D eigenvalue weighted by molar-refractivity contribution is -0.138. The van der Waals surface area contributed by atoms with Gasteiger partial charge in [-0.15, -0.1) is 0 Å². The molecule has 1 unspecified atom stereocenters. The van der Waals surface area contributed by atoms with Crippen molar-refractivity contribution in [1.29, 1.82) is 0 Å². The SMILES string of the molecule is CC(C)C(CC(=O)O)NC(=O)CN(C)C1CCCC1. The fraction of sp³-hybridized carbons (Fsp3) is 0.857. The number of hydrogen-bond acceptors (Lipinski definition) is 3. The molecule has 1 atom stereocenters. The maximum Gasteiger partial charge on any atom is 0.305 e. The number of carbonyl (C=O) groups is 2. The zero-order valence-corrected chi connectivity index (χ0v) is 12.2. The molecule has 0 aromatic rings. The largest absolute Gasteiger partial charge is 0.481 e. The zero-order valence-electron chi connectivity index (χ0n) is 12.2. The van der Waals surface area contributed by atoms with Crippen LogP contribution >= 0.6 is 0 Å². The van der Waals surface area contributed by atoms with Gasteiger partial charge in [0.15, 0.2) is 0 Å². The Labute approximate surface area is 115 Å². The van der Waals surface area contributed by atoms with Crippen LogP contribution in [0.4, 0.5) is 0 Å². The highest BCUT2D eigenvalue weighted by Crippen LogP contribution is 2.22. The molecule has 1 aliphatic carbocycles. The summed E-state index contributed by atoms with van der Waals surface area (Å²) in [6, 6.07) is 0.213. The van der Waals surface area contributed by atoms with Crippen LogP contribution in [0.1, 0.15) is 46.0 Å². The molecule has 0 aliphatic heterocycles. The summed E-state index contributed by atoms with van der Waals surface area (Å²) < 4.78 is 0. The molecule has 0 heterocycles. The molecule has 19 heavy (non-hydrogen) atoms. The number of likely N-dealkylation sites (N-methyl/N-ethyl adjacent to an activating group) is 1. The van der Waals surface area contributed by atoms with Crippen LogP contribution in [0.3, 0.4) is 0 Å². The van der Waals surface area contributed by atoms with Crippen molar-refractivity contribution in [3.8, 4) is 0 Å². The Hall–Kier alpha value is -1.10. The number of hydrogen-bond donors (Lipinski definition) is 2. The van der Waals surface area contributed by atoms with Gasteiger partial charge in [-0.05, 0) is 25.8 Å². The third-order valence-corrected chi connectivity index (χ3v) is 3.89. The molecular formula is C14H26N2O3. The summed E-state index contributed by atoms with van der Waals surface area (Å²) in [5.41, 5.74) is 0. The Kier molecular flexibility index (Phi) is 6.28. The van der Waals surface area contributed by atoms with E-state index in [2.05, 4.69) is 10.2 Å². The molecule has 1 aliphatic rings. The number of nitrogens with zero attached hydrogens (tertiary/aromatic N) is 1. The van der Waals surface area contributed by atoms with E-state index in [1.54, 1.807) is 0 Å². The molecule has 2 N–H and O–H groups in total. The highest BCUT2D eigenvalue weighted by Gasteiger charge is 2.23. The standard InChI is InChI=1S/C14H26N2O3/c1-10(2)12(8-14(18)19)15-13(17)9-16(3)11-6-4-5-7-11/h10-12H,4-9H2,1-3H3,(H,15,17)(H,18,19). The number of carbonyl (C=O) groups excluding carboxylic acids is 1. The smallest absolute Gasteiger partial charge is 0.305 e. The van der Waals surface area contributed by atoms with E-state index in [-0.39, 0.29) is 24.3 Å². The molecule has 110 valence electrons. The predicted octanol–water partition coefficient (Wildman–Crippen LogP) is 1.48. The van der Waals surface area contributed by atoms with Crippen LogP contribution in [0, 0.1) is 5.92 Å². The molecular weight excluding hydrogens is 244 g/mol. The first-order chi connectivity index (χ1) is 8.90. The zero-order chi connectivity index (χ0) is 14.4. The van der Waals surface area contributed by atoms with E-state index in [1.165, 1.54) is 12.8 Å². The molecule has 0 aromatic carbocycles. The van der Waals surface area contributed by atoms with Crippen molar-refractivity contribution in [3.05, 3.63) is 0 Å². The van der Waals surface area contributed by atoms with Crippen molar-refractivity contribution in [2.24, 2.45) is 5.92 Å². The van der Waals surface area contributed by atoms with Gasteiger partial charge >= 0.3 is 5.97 Å². The topological polar surface area (TPSA) is 69.6 Å². The molecule has 0 aromatic heterocycles. The van der Waals surface area contributed by atoms with Crippen LogP contribution in [0.25, 0.3) is 0 Å². The van der Waals surface area contributed by atoms with Crippen molar-refractivity contribution in [1.82, 2.24) is 10.2 Å². The Morgan fingerprint density at radius 2 is 1.89 bits per heavy atom. The summed E-state index contributed by atoms with van der Waals surface area (Å²) in [7, 11) is 1.97. The third-order valence-electron chi connectivity index (χ3n) is 3.89. The van der Waals surface area contributed by atoms with Crippen LogP contribution < -0.4 is 5.32 Å². The van der Waals surface area contributed by atoms with Crippen molar-refractivity contribution in [2.45, 2.75) is 58.0 Å². The average molecular weight is 270 g/mol. The van der Waals surface area contributed by atoms with E-state index < -0.39 is 5.97 Å². The minimum atomic E-state index is -0.872. The van der Waals surface area contributed by atoms with Gasteiger partial charge in [-0.1, -0.05) is 26.7 Å².